The number of nitrogens with zero attached hydrogens (tertiary/aromatic N) is 3. The van der Waals surface area contributed by atoms with Gasteiger partial charge in [0, 0.05) is 42.5 Å². The van der Waals surface area contributed by atoms with Gasteiger partial charge < -0.3 is 9.88 Å². The zero-order valence-electron chi connectivity index (χ0n) is 13.2. The normalized spacial score (nSPS) is 10.8. The summed E-state index contributed by atoms with van der Waals surface area (Å²) in [5.74, 6) is -0.366. The summed E-state index contributed by atoms with van der Waals surface area (Å²) in [6, 6.07) is 9.88. The largest absolute Gasteiger partial charge is 0.352 e. The summed E-state index contributed by atoms with van der Waals surface area (Å²) < 4.78 is 2.02. The molecule has 0 aliphatic carbocycles. The summed E-state index contributed by atoms with van der Waals surface area (Å²) in [4.78, 5) is 26.7. The summed E-state index contributed by atoms with van der Waals surface area (Å²) in [7, 11) is 0. The molecule has 3 rings (SSSR count). The first-order valence-electron chi connectivity index (χ1n) is 7.68. The van der Waals surface area contributed by atoms with Crippen LogP contribution in [0.2, 0.25) is 5.02 Å². The predicted molar refractivity (Wildman–Crippen MR) is 94.8 cm³/mol. The van der Waals surface area contributed by atoms with Crippen molar-refractivity contribution in [2.24, 2.45) is 0 Å². The quantitative estimate of drug-likeness (QED) is 0.415. The predicted octanol–water partition coefficient (Wildman–Crippen LogP) is 3.42. The second-order valence-corrected chi connectivity index (χ2v) is 5.87. The van der Waals surface area contributed by atoms with Gasteiger partial charge in [0.1, 0.15) is 10.7 Å². The molecule has 128 valence electrons. The van der Waals surface area contributed by atoms with Gasteiger partial charge in [-0.05, 0) is 36.8 Å². The zero-order valence-corrected chi connectivity index (χ0v) is 13.9. The molecule has 0 spiro atoms. The SMILES string of the molecule is O=C(NCCCn1ccc2cccnc21)c1ccc(Cl)c([N+](=O)[O-])c1. The number of benzene rings is 1. The Bertz CT molecular complexity index is 939. The van der Waals surface area contributed by atoms with Crippen LogP contribution >= 0.6 is 11.6 Å². The molecule has 0 aliphatic rings. The lowest BCUT2D eigenvalue weighted by atomic mass is 10.2. The maximum Gasteiger partial charge on any atom is 0.288 e. The van der Waals surface area contributed by atoms with Crippen LogP contribution in [0.5, 0.6) is 0 Å². The Balaban J connectivity index is 1.56. The number of carbonyl (C=O) groups excluding carboxylic acids is 1. The van der Waals surface area contributed by atoms with E-state index >= 15 is 0 Å². The minimum atomic E-state index is -0.608. The van der Waals surface area contributed by atoms with Gasteiger partial charge in [0.15, 0.2) is 0 Å². The highest BCUT2D eigenvalue weighted by Gasteiger charge is 2.16. The van der Waals surface area contributed by atoms with E-state index in [1.807, 2.05) is 29.0 Å². The van der Waals surface area contributed by atoms with Crippen LogP contribution in [-0.2, 0) is 6.54 Å². The van der Waals surface area contributed by atoms with Crippen molar-refractivity contribution in [2.45, 2.75) is 13.0 Å². The summed E-state index contributed by atoms with van der Waals surface area (Å²) >= 11 is 5.75. The fourth-order valence-corrected chi connectivity index (χ4v) is 2.73. The number of fused-ring (bicyclic) bond motifs is 1. The first-order valence-corrected chi connectivity index (χ1v) is 8.06. The van der Waals surface area contributed by atoms with E-state index in [0.29, 0.717) is 19.5 Å². The van der Waals surface area contributed by atoms with Gasteiger partial charge in [-0.3, -0.25) is 14.9 Å². The van der Waals surface area contributed by atoms with Gasteiger partial charge in [-0.15, -0.1) is 0 Å². The monoisotopic (exact) mass is 358 g/mol. The lowest BCUT2D eigenvalue weighted by Gasteiger charge is -2.07. The van der Waals surface area contributed by atoms with Crippen molar-refractivity contribution in [3.05, 3.63) is 69.5 Å². The third-order valence-electron chi connectivity index (χ3n) is 3.79. The summed E-state index contributed by atoms with van der Waals surface area (Å²) in [6.07, 6.45) is 4.41. The van der Waals surface area contributed by atoms with Gasteiger partial charge >= 0.3 is 0 Å². The number of nitrogens with one attached hydrogen (secondary N) is 1. The Labute approximate surface area is 148 Å². The smallest absolute Gasteiger partial charge is 0.288 e. The van der Waals surface area contributed by atoms with E-state index in [4.69, 9.17) is 11.6 Å². The summed E-state index contributed by atoms with van der Waals surface area (Å²) in [5, 5.41) is 14.7. The number of hydrogen-bond acceptors (Lipinski definition) is 4. The maximum absolute atomic E-state index is 12.1. The molecule has 1 N–H and O–H groups in total. The Morgan fingerprint density at radius 2 is 2.16 bits per heavy atom. The highest BCUT2D eigenvalue weighted by molar-refractivity contribution is 6.32. The lowest BCUT2D eigenvalue weighted by molar-refractivity contribution is -0.384. The highest BCUT2D eigenvalue weighted by atomic mass is 35.5. The number of hydrogen-bond donors (Lipinski definition) is 1. The standard InChI is InChI=1S/C17H15ClN4O3/c18-14-5-4-13(11-15(14)22(24)25)17(23)20-8-2-9-21-10-6-12-3-1-7-19-16(12)21/h1,3-7,10-11H,2,8-9H2,(H,20,23). The van der Waals surface area contributed by atoms with E-state index in [1.54, 1.807) is 6.20 Å². The van der Waals surface area contributed by atoms with E-state index in [0.717, 1.165) is 11.0 Å². The number of carbonyl (C=O) groups is 1. The van der Waals surface area contributed by atoms with Crippen LogP contribution in [0.25, 0.3) is 11.0 Å². The van der Waals surface area contributed by atoms with Gasteiger partial charge in [0.2, 0.25) is 0 Å². The number of pyridine rings is 1. The van der Waals surface area contributed by atoms with Gasteiger partial charge in [-0.1, -0.05) is 11.6 Å². The van der Waals surface area contributed by atoms with E-state index in [2.05, 4.69) is 10.3 Å². The Morgan fingerprint density at radius 1 is 1.32 bits per heavy atom. The van der Waals surface area contributed by atoms with E-state index in [9.17, 15) is 14.9 Å². The third-order valence-corrected chi connectivity index (χ3v) is 4.11. The fraction of sp³-hybridized carbons (Fsp3) is 0.176. The minimum absolute atomic E-state index is 0.00790. The first-order chi connectivity index (χ1) is 12.1. The van der Waals surface area contributed by atoms with Crippen LogP contribution in [0.1, 0.15) is 16.8 Å². The summed E-state index contributed by atoms with van der Waals surface area (Å²) in [5.41, 5.74) is 0.838. The number of nitro groups is 1. The molecule has 0 fully saturated rings. The molecule has 0 aliphatic heterocycles. The fourth-order valence-electron chi connectivity index (χ4n) is 2.55. The van der Waals surface area contributed by atoms with Crippen molar-refractivity contribution in [3.63, 3.8) is 0 Å². The van der Waals surface area contributed by atoms with Gasteiger partial charge in [-0.25, -0.2) is 4.98 Å². The minimum Gasteiger partial charge on any atom is -0.352 e. The molecule has 25 heavy (non-hydrogen) atoms. The van der Waals surface area contributed by atoms with E-state index in [1.165, 1.54) is 18.2 Å². The van der Waals surface area contributed by atoms with Crippen LogP contribution in [-0.4, -0.2) is 26.9 Å². The average Bonchev–Trinajstić information content (AvgIpc) is 3.02. The van der Waals surface area contributed by atoms with Crippen molar-refractivity contribution in [1.29, 1.82) is 0 Å². The topological polar surface area (TPSA) is 90.1 Å². The number of nitro benzene ring substituents is 1. The molecule has 0 bridgehead atoms. The third kappa shape index (κ3) is 3.77. The molecule has 1 amide bonds. The molecule has 0 radical (unpaired) electrons. The molecule has 8 heteroatoms. The zero-order chi connectivity index (χ0) is 17.8. The number of aryl methyl sites for hydroxylation is 1. The maximum atomic E-state index is 12.1. The number of aromatic nitrogens is 2. The van der Waals surface area contributed by atoms with Crippen LogP contribution in [0.3, 0.4) is 0 Å². The van der Waals surface area contributed by atoms with E-state index in [-0.39, 0.29) is 22.2 Å². The molecule has 2 aromatic heterocycles. The molecule has 0 saturated carbocycles. The van der Waals surface area contributed by atoms with Crippen LogP contribution in [0, 0.1) is 10.1 Å². The van der Waals surface area contributed by atoms with E-state index < -0.39 is 4.92 Å². The van der Waals surface area contributed by atoms with Crippen LogP contribution in [0.4, 0.5) is 5.69 Å². The number of halogens is 1. The average molecular weight is 359 g/mol. The highest BCUT2D eigenvalue weighted by Crippen LogP contribution is 2.25. The molecular weight excluding hydrogens is 344 g/mol. The molecule has 0 atom stereocenters. The second kappa shape index (κ2) is 7.31. The number of amides is 1. The Kier molecular flexibility index (Phi) is 4.95. The molecule has 7 nitrogen and oxygen atoms in total. The molecule has 1 aromatic carbocycles. The van der Waals surface area contributed by atoms with Crippen molar-refractivity contribution >= 4 is 34.2 Å². The van der Waals surface area contributed by atoms with Crippen molar-refractivity contribution in [1.82, 2.24) is 14.9 Å². The Hall–Kier alpha value is -2.93. The van der Waals surface area contributed by atoms with Gasteiger partial charge in [-0.2, -0.15) is 0 Å². The van der Waals surface area contributed by atoms with Crippen molar-refractivity contribution in [2.75, 3.05) is 6.54 Å². The molecular formula is C17H15ClN4O3. The van der Waals surface area contributed by atoms with Gasteiger partial charge in [0.25, 0.3) is 11.6 Å². The second-order valence-electron chi connectivity index (χ2n) is 5.46. The van der Waals surface area contributed by atoms with Crippen molar-refractivity contribution in [3.8, 4) is 0 Å². The lowest BCUT2D eigenvalue weighted by Crippen LogP contribution is -2.25. The molecule has 0 unspecified atom stereocenters. The van der Waals surface area contributed by atoms with Gasteiger partial charge in [0.05, 0.1) is 4.92 Å². The molecule has 0 saturated heterocycles. The first kappa shape index (κ1) is 16.9. The molecule has 3 aromatic rings. The van der Waals surface area contributed by atoms with Crippen LogP contribution in [0.15, 0.2) is 48.8 Å². The Morgan fingerprint density at radius 3 is 2.96 bits per heavy atom. The summed E-state index contributed by atoms with van der Waals surface area (Å²) in [6.45, 7) is 1.16. The van der Waals surface area contributed by atoms with Crippen molar-refractivity contribution < 1.29 is 9.72 Å². The number of rotatable bonds is 6. The molecule has 2 heterocycles. The van der Waals surface area contributed by atoms with Crippen LogP contribution < -0.4 is 5.32 Å².